The number of nitrogens with zero attached hydrogens (tertiary/aromatic N) is 3. The predicted molar refractivity (Wildman–Crippen MR) is 110 cm³/mol. The van der Waals surface area contributed by atoms with Gasteiger partial charge in [-0.15, -0.1) is 0 Å². The first kappa shape index (κ1) is 19.5. The van der Waals surface area contributed by atoms with Gasteiger partial charge in [0.25, 0.3) is 5.91 Å². The van der Waals surface area contributed by atoms with Crippen molar-refractivity contribution in [2.75, 3.05) is 29.5 Å². The van der Waals surface area contributed by atoms with E-state index in [4.69, 9.17) is 4.74 Å². The van der Waals surface area contributed by atoms with E-state index in [0.29, 0.717) is 18.0 Å². The molecule has 1 amide bonds. The van der Waals surface area contributed by atoms with E-state index in [9.17, 15) is 4.79 Å². The van der Waals surface area contributed by atoms with Crippen LogP contribution in [0.1, 0.15) is 36.2 Å². The summed E-state index contributed by atoms with van der Waals surface area (Å²) in [5.74, 6) is 3.52. The van der Waals surface area contributed by atoms with Crippen LogP contribution in [-0.2, 0) is 6.54 Å². The van der Waals surface area contributed by atoms with Crippen LogP contribution in [0.15, 0.2) is 36.7 Å². The highest BCUT2D eigenvalue weighted by Gasteiger charge is 2.17. The zero-order valence-electron chi connectivity index (χ0n) is 15.9. The van der Waals surface area contributed by atoms with Crippen molar-refractivity contribution in [3.8, 4) is 5.88 Å². The Morgan fingerprint density at radius 2 is 2.07 bits per heavy atom. The lowest BCUT2D eigenvalue weighted by Gasteiger charge is -2.19. The first-order valence-corrected chi connectivity index (χ1v) is 10.5. The quantitative estimate of drug-likeness (QED) is 0.752. The minimum Gasteiger partial charge on any atom is -0.473 e. The van der Waals surface area contributed by atoms with Crippen molar-refractivity contribution in [3.63, 3.8) is 0 Å². The fourth-order valence-electron chi connectivity index (χ4n) is 2.90. The molecule has 1 fully saturated rings. The van der Waals surface area contributed by atoms with Crippen molar-refractivity contribution in [3.05, 3.63) is 47.8 Å². The van der Waals surface area contributed by atoms with E-state index in [1.165, 1.54) is 0 Å². The van der Waals surface area contributed by atoms with Gasteiger partial charge in [0.05, 0.1) is 5.56 Å². The largest absolute Gasteiger partial charge is 0.473 e. The number of nitrogens with one attached hydrogen (secondary N) is 1. The second-order valence-corrected chi connectivity index (χ2v) is 7.52. The van der Waals surface area contributed by atoms with Crippen LogP contribution in [0.25, 0.3) is 0 Å². The lowest BCUT2D eigenvalue weighted by atomic mass is 10.2. The highest BCUT2D eigenvalue weighted by Crippen LogP contribution is 2.22. The van der Waals surface area contributed by atoms with Gasteiger partial charge in [-0.2, -0.15) is 11.8 Å². The molecule has 0 saturated carbocycles. The highest BCUT2D eigenvalue weighted by atomic mass is 32.2. The molecule has 0 spiro atoms. The molecular formula is C20H26N4O2S. The molecule has 3 heterocycles. The molecule has 1 N–H and O–H groups in total. The van der Waals surface area contributed by atoms with Crippen LogP contribution >= 0.6 is 11.8 Å². The first-order chi connectivity index (χ1) is 13.2. The Kier molecular flexibility index (Phi) is 6.92. The van der Waals surface area contributed by atoms with Crippen LogP contribution in [0.3, 0.4) is 0 Å². The summed E-state index contributed by atoms with van der Waals surface area (Å²) < 4.78 is 5.81. The number of hydrogen-bond acceptors (Lipinski definition) is 6. The smallest absolute Gasteiger partial charge is 0.253 e. The molecule has 2 aromatic rings. The highest BCUT2D eigenvalue weighted by molar-refractivity contribution is 7.99. The van der Waals surface area contributed by atoms with Gasteiger partial charge < -0.3 is 15.0 Å². The molecule has 6 nitrogen and oxygen atoms in total. The summed E-state index contributed by atoms with van der Waals surface area (Å²) in [6.07, 6.45) is 4.65. The van der Waals surface area contributed by atoms with E-state index < -0.39 is 0 Å². The predicted octanol–water partition coefficient (Wildman–Crippen LogP) is 3.14. The summed E-state index contributed by atoms with van der Waals surface area (Å²) in [5.41, 5.74) is 1.49. The molecule has 1 saturated heterocycles. The Bertz CT molecular complexity index is 727. The zero-order chi connectivity index (χ0) is 19.1. The van der Waals surface area contributed by atoms with Crippen LogP contribution in [-0.4, -0.2) is 46.6 Å². The number of aromatic nitrogens is 2. The lowest BCUT2D eigenvalue weighted by Crippen LogP contribution is -2.24. The third kappa shape index (κ3) is 5.35. The summed E-state index contributed by atoms with van der Waals surface area (Å²) >= 11 is 1.89. The molecule has 7 heteroatoms. The van der Waals surface area contributed by atoms with Gasteiger partial charge in [-0.1, -0.05) is 6.07 Å². The summed E-state index contributed by atoms with van der Waals surface area (Å²) in [5, 5.41) is 2.91. The van der Waals surface area contributed by atoms with Crippen LogP contribution in [0.2, 0.25) is 0 Å². The van der Waals surface area contributed by atoms with Gasteiger partial charge in [0.15, 0.2) is 0 Å². The lowest BCUT2D eigenvalue weighted by molar-refractivity contribution is 0.0950. The minimum atomic E-state index is -0.154. The second kappa shape index (κ2) is 9.60. The number of anilines is 1. The minimum absolute atomic E-state index is 0.154. The molecule has 0 bridgehead atoms. The molecular weight excluding hydrogens is 360 g/mol. The van der Waals surface area contributed by atoms with Crippen molar-refractivity contribution in [1.82, 2.24) is 15.3 Å². The second-order valence-electron chi connectivity index (χ2n) is 6.37. The van der Waals surface area contributed by atoms with E-state index in [1.54, 1.807) is 18.3 Å². The van der Waals surface area contributed by atoms with Crippen molar-refractivity contribution < 1.29 is 9.53 Å². The Balaban J connectivity index is 1.51. The van der Waals surface area contributed by atoms with Gasteiger partial charge in [0.1, 0.15) is 11.9 Å². The van der Waals surface area contributed by atoms with E-state index in [1.807, 2.05) is 30.1 Å². The van der Waals surface area contributed by atoms with Crippen molar-refractivity contribution in [2.45, 2.75) is 32.9 Å². The van der Waals surface area contributed by atoms with Crippen LogP contribution in [0.4, 0.5) is 5.82 Å². The molecule has 1 aliphatic rings. The summed E-state index contributed by atoms with van der Waals surface area (Å²) in [7, 11) is 0. The zero-order valence-corrected chi connectivity index (χ0v) is 16.7. The third-order valence-electron chi connectivity index (χ3n) is 4.52. The Morgan fingerprint density at radius 1 is 1.22 bits per heavy atom. The number of carbonyl (C=O) groups excluding carboxylic acids is 1. The normalized spacial score (nSPS) is 16.1. The van der Waals surface area contributed by atoms with Gasteiger partial charge in [-0.3, -0.25) is 4.79 Å². The maximum absolute atomic E-state index is 12.3. The average molecular weight is 387 g/mol. The van der Waals surface area contributed by atoms with E-state index in [-0.39, 0.29) is 12.0 Å². The van der Waals surface area contributed by atoms with Gasteiger partial charge in [-0.25, -0.2) is 9.97 Å². The molecule has 27 heavy (non-hydrogen) atoms. The monoisotopic (exact) mass is 386 g/mol. The average Bonchev–Trinajstić information content (AvgIpc) is 3.21. The molecule has 1 unspecified atom stereocenters. The van der Waals surface area contributed by atoms with Crippen molar-refractivity contribution in [1.29, 1.82) is 0 Å². The molecule has 0 aromatic carbocycles. The molecule has 1 atom stereocenters. The fourth-order valence-corrected chi connectivity index (χ4v) is 4.00. The van der Waals surface area contributed by atoms with Crippen molar-refractivity contribution >= 4 is 23.5 Å². The number of hydrogen-bond donors (Lipinski definition) is 1. The van der Waals surface area contributed by atoms with E-state index in [2.05, 4.69) is 34.0 Å². The molecule has 1 aliphatic heterocycles. The van der Waals surface area contributed by atoms with Gasteiger partial charge in [0.2, 0.25) is 5.88 Å². The number of rotatable bonds is 8. The van der Waals surface area contributed by atoms with E-state index >= 15 is 0 Å². The molecule has 3 rings (SSSR count). The third-order valence-corrected chi connectivity index (χ3v) is 5.66. The maximum atomic E-state index is 12.3. The molecule has 0 aliphatic carbocycles. The topological polar surface area (TPSA) is 67.4 Å². The molecule has 2 aromatic heterocycles. The fraction of sp³-hybridized carbons (Fsp3) is 0.450. The maximum Gasteiger partial charge on any atom is 0.253 e. The van der Waals surface area contributed by atoms with Gasteiger partial charge in [-0.05, 0) is 43.7 Å². The number of carbonyl (C=O) groups is 1. The van der Waals surface area contributed by atoms with Gasteiger partial charge >= 0.3 is 0 Å². The first-order valence-electron chi connectivity index (χ1n) is 9.38. The standard InChI is InChI=1S/C20H26N4O2S/c1-3-24(4-2)18-7-5-15(11-21-18)12-23-20(25)16-6-8-19(22-13-16)26-17-9-10-27-14-17/h5-8,11,13,17H,3-4,9-10,12,14H2,1-2H3,(H,23,25). The number of ether oxygens (including phenoxy) is 1. The van der Waals surface area contributed by atoms with Crippen LogP contribution in [0, 0.1) is 0 Å². The van der Waals surface area contributed by atoms with Crippen molar-refractivity contribution in [2.24, 2.45) is 0 Å². The SMILES string of the molecule is CCN(CC)c1ccc(CNC(=O)c2ccc(OC3CCSC3)nc2)cn1. The molecule has 0 radical (unpaired) electrons. The van der Waals surface area contributed by atoms with E-state index in [0.717, 1.165) is 42.4 Å². The Labute approximate surface area is 164 Å². The van der Waals surface area contributed by atoms with Crippen LogP contribution < -0.4 is 15.0 Å². The Morgan fingerprint density at radius 3 is 2.67 bits per heavy atom. The number of amides is 1. The number of thioether (sulfide) groups is 1. The summed E-state index contributed by atoms with van der Waals surface area (Å²) in [4.78, 5) is 23.2. The summed E-state index contributed by atoms with van der Waals surface area (Å²) in [6.45, 7) is 6.49. The Hall–Kier alpha value is -2.28. The summed E-state index contributed by atoms with van der Waals surface area (Å²) in [6, 6.07) is 7.50. The van der Waals surface area contributed by atoms with Crippen LogP contribution in [0.5, 0.6) is 5.88 Å². The van der Waals surface area contributed by atoms with Gasteiger partial charge in [0, 0.05) is 43.8 Å². The number of pyridine rings is 2. The molecule has 144 valence electrons.